The van der Waals surface area contributed by atoms with Crippen LogP contribution in [0.4, 0.5) is 10.1 Å². The summed E-state index contributed by atoms with van der Waals surface area (Å²) in [6.07, 6.45) is 1.37. The summed E-state index contributed by atoms with van der Waals surface area (Å²) >= 11 is 6.20. The summed E-state index contributed by atoms with van der Waals surface area (Å²) in [6.45, 7) is 2.42. The summed E-state index contributed by atoms with van der Waals surface area (Å²) in [6, 6.07) is 10.8. The molecule has 3 rings (SSSR count). The number of carbonyl (C=O) groups is 2. The average Bonchev–Trinajstić information content (AvgIpc) is 3.10. The average molecular weight is 431 g/mol. The molecule has 1 heterocycles. The third-order valence-corrected chi connectivity index (χ3v) is 4.71. The highest BCUT2D eigenvalue weighted by Crippen LogP contribution is 2.23. The van der Waals surface area contributed by atoms with Crippen molar-refractivity contribution in [1.29, 1.82) is 0 Å². The Bertz CT molecular complexity index is 1080. The van der Waals surface area contributed by atoms with Crippen molar-refractivity contribution in [2.45, 2.75) is 6.92 Å². The Morgan fingerprint density at radius 1 is 1.17 bits per heavy atom. The third kappa shape index (κ3) is 4.67. The molecule has 0 atom stereocenters. The maximum atomic E-state index is 14.0. The zero-order chi connectivity index (χ0) is 21.7. The fraction of sp³-hybridized carbons (Fsp3) is 0.190. The summed E-state index contributed by atoms with van der Waals surface area (Å²) in [5, 5.41) is 9.72. The van der Waals surface area contributed by atoms with Crippen molar-refractivity contribution in [3.63, 3.8) is 0 Å². The minimum absolute atomic E-state index is 0.196. The monoisotopic (exact) mass is 430 g/mol. The minimum Gasteiger partial charge on any atom is -0.383 e. The lowest BCUT2D eigenvalue weighted by atomic mass is 10.1. The molecule has 0 aliphatic rings. The number of hydrogen-bond donors (Lipinski definition) is 2. The summed E-state index contributed by atoms with van der Waals surface area (Å²) in [4.78, 5) is 24.8. The number of para-hydroxylation sites is 1. The van der Waals surface area contributed by atoms with Gasteiger partial charge in [0.15, 0.2) is 0 Å². The van der Waals surface area contributed by atoms with Gasteiger partial charge in [0.2, 0.25) is 0 Å². The van der Waals surface area contributed by atoms with Crippen molar-refractivity contribution in [2.24, 2.45) is 0 Å². The predicted molar refractivity (Wildman–Crippen MR) is 112 cm³/mol. The first-order chi connectivity index (χ1) is 14.4. The van der Waals surface area contributed by atoms with E-state index in [0.29, 0.717) is 24.5 Å². The molecule has 1 aromatic heterocycles. The van der Waals surface area contributed by atoms with Crippen molar-refractivity contribution < 1.29 is 18.7 Å². The standard InChI is InChI=1S/C21H20ClFN4O3/c1-13-16(12-25-27(13)19-6-4-3-5-18(19)23)21(29)26-14-7-8-15(17(22)11-14)20(28)24-9-10-30-2/h3-8,11-12H,9-10H2,1-2H3,(H,24,28)(H,26,29). The Labute approximate surface area is 177 Å². The lowest BCUT2D eigenvalue weighted by molar-refractivity contribution is 0.0936. The Kier molecular flexibility index (Phi) is 6.81. The maximum Gasteiger partial charge on any atom is 0.259 e. The van der Waals surface area contributed by atoms with Gasteiger partial charge in [0.25, 0.3) is 11.8 Å². The number of nitrogens with zero attached hydrogens (tertiary/aromatic N) is 2. The van der Waals surface area contributed by atoms with E-state index in [0.717, 1.165) is 0 Å². The SMILES string of the molecule is COCCNC(=O)c1ccc(NC(=O)c2cnn(-c3ccccc3F)c2C)cc1Cl. The molecule has 2 aromatic carbocycles. The van der Waals surface area contributed by atoms with Crippen LogP contribution < -0.4 is 10.6 Å². The number of amides is 2. The number of nitrogens with one attached hydrogen (secondary N) is 2. The van der Waals surface area contributed by atoms with Crippen LogP contribution in [0.25, 0.3) is 5.69 Å². The second kappa shape index (κ2) is 9.51. The third-order valence-electron chi connectivity index (χ3n) is 4.40. The number of hydrogen-bond acceptors (Lipinski definition) is 4. The van der Waals surface area contributed by atoms with Gasteiger partial charge in [-0.3, -0.25) is 9.59 Å². The van der Waals surface area contributed by atoms with E-state index in [1.54, 1.807) is 38.3 Å². The molecule has 7 nitrogen and oxygen atoms in total. The van der Waals surface area contributed by atoms with Crippen molar-refractivity contribution in [1.82, 2.24) is 15.1 Å². The molecule has 3 aromatic rings. The van der Waals surface area contributed by atoms with E-state index in [2.05, 4.69) is 15.7 Å². The minimum atomic E-state index is -0.443. The van der Waals surface area contributed by atoms with E-state index in [1.807, 2.05) is 0 Å². The fourth-order valence-corrected chi connectivity index (χ4v) is 3.10. The molecule has 30 heavy (non-hydrogen) atoms. The molecule has 0 radical (unpaired) electrons. The van der Waals surface area contributed by atoms with E-state index in [4.69, 9.17) is 16.3 Å². The highest BCUT2D eigenvalue weighted by Gasteiger charge is 2.18. The van der Waals surface area contributed by atoms with E-state index < -0.39 is 11.7 Å². The topological polar surface area (TPSA) is 85.2 Å². The Morgan fingerprint density at radius 2 is 1.93 bits per heavy atom. The van der Waals surface area contributed by atoms with Crippen LogP contribution in [-0.2, 0) is 4.74 Å². The molecule has 0 bridgehead atoms. The van der Waals surface area contributed by atoms with Gasteiger partial charge in [-0.15, -0.1) is 0 Å². The van der Waals surface area contributed by atoms with E-state index in [9.17, 15) is 14.0 Å². The van der Waals surface area contributed by atoms with Crippen LogP contribution in [0.1, 0.15) is 26.4 Å². The molecule has 156 valence electrons. The maximum absolute atomic E-state index is 14.0. The van der Waals surface area contributed by atoms with Gasteiger partial charge in [0, 0.05) is 19.3 Å². The van der Waals surface area contributed by atoms with Gasteiger partial charge in [-0.2, -0.15) is 5.10 Å². The van der Waals surface area contributed by atoms with Crippen molar-refractivity contribution >= 4 is 29.1 Å². The molecule has 0 unspecified atom stereocenters. The van der Waals surface area contributed by atoms with Gasteiger partial charge in [0.05, 0.1) is 34.6 Å². The van der Waals surface area contributed by atoms with Crippen LogP contribution in [0.2, 0.25) is 5.02 Å². The molecule has 0 aliphatic carbocycles. The van der Waals surface area contributed by atoms with Crippen molar-refractivity contribution in [3.8, 4) is 5.69 Å². The molecule has 0 aliphatic heterocycles. The first-order valence-corrected chi connectivity index (χ1v) is 9.47. The Hall–Kier alpha value is -3.23. The number of halogens is 2. The first-order valence-electron chi connectivity index (χ1n) is 9.10. The van der Waals surface area contributed by atoms with Crippen molar-refractivity contribution in [2.75, 3.05) is 25.6 Å². The number of rotatable bonds is 7. The molecule has 0 saturated carbocycles. The number of aromatic nitrogens is 2. The summed E-state index contributed by atoms with van der Waals surface area (Å²) in [5.41, 5.74) is 1.72. The number of carbonyl (C=O) groups excluding carboxylic acids is 2. The number of ether oxygens (including phenoxy) is 1. The number of benzene rings is 2. The van der Waals surface area contributed by atoms with Gasteiger partial charge >= 0.3 is 0 Å². The normalized spacial score (nSPS) is 10.7. The molecule has 0 fully saturated rings. The summed E-state index contributed by atoms with van der Waals surface area (Å²) in [5.74, 6) is -1.21. The zero-order valence-electron chi connectivity index (χ0n) is 16.4. The van der Waals surface area contributed by atoms with Gasteiger partial charge in [-0.25, -0.2) is 9.07 Å². The largest absolute Gasteiger partial charge is 0.383 e. The van der Waals surface area contributed by atoms with E-state index in [-0.39, 0.29) is 27.7 Å². The molecular weight excluding hydrogens is 411 g/mol. The first kappa shape index (κ1) is 21.5. The molecular formula is C21H20ClFN4O3. The van der Waals surface area contributed by atoms with Crippen LogP contribution >= 0.6 is 11.6 Å². The second-order valence-corrected chi connectivity index (χ2v) is 6.81. The van der Waals surface area contributed by atoms with E-state index >= 15 is 0 Å². The van der Waals surface area contributed by atoms with Gasteiger partial charge in [0.1, 0.15) is 11.5 Å². The highest BCUT2D eigenvalue weighted by atomic mass is 35.5. The summed E-state index contributed by atoms with van der Waals surface area (Å²) in [7, 11) is 1.54. The van der Waals surface area contributed by atoms with Gasteiger partial charge < -0.3 is 15.4 Å². The molecule has 2 N–H and O–H groups in total. The number of methoxy groups -OCH3 is 1. The second-order valence-electron chi connectivity index (χ2n) is 6.40. The van der Waals surface area contributed by atoms with Gasteiger partial charge in [-0.05, 0) is 37.3 Å². The van der Waals surface area contributed by atoms with Crippen LogP contribution in [0, 0.1) is 12.7 Å². The smallest absolute Gasteiger partial charge is 0.259 e. The quantitative estimate of drug-likeness (QED) is 0.561. The molecule has 9 heteroatoms. The lowest BCUT2D eigenvalue weighted by Crippen LogP contribution is -2.27. The predicted octanol–water partition coefficient (Wildman–Crippen LogP) is 3.60. The fourth-order valence-electron chi connectivity index (χ4n) is 2.84. The van der Waals surface area contributed by atoms with Crippen LogP contribution in [-0.4, -0.2) is 41.9 Å². The zero-order valence-corrected chi connectivity index (χ0v) is 17.2. The molecule has 0 spiro atoms. The van der Waals surface area contributed by atoms with Gasteiger partial charge in [-0.1, -0.05) is 23.7 Å². The Morgan fingerprint density at radius 3 is 2.63 bits per heavy atom. The Balaban J connectivity index is 1.75. The van der Waals surface area contributed by atoms with Crippen LogP contribution in [0.5, 0.6) is 0 Å². The molecule has 0 saturated heterocycles. The van der Waals surface area contributed by atoms with Crippen molar-refractivity contribution in [3.05, 3.63) is 76.3 Å². The number of anilines is 1. The van der Waals surface area contributed by atoms with Crippen LogP contribution in [0.3, 0.4) is 0 Å². The lowest BCUT2D eigenvalue weighted by Gasteiger charge is -2.10. The summed E-state index contributed by atoms with van der Waals surface area (Å²) < 4.78 is 20.3. The molecule has 2 amide bonds. The van der Waals surface area contributed by atoms with Crippen LogP contribution in [0.15, 0.2) is 48.7 Å². The highest BCUT2D eigenvalue weighted by molar-refractivity contribution is 6.34. The van der Waals surface area contributed by atoms with E-state index in [1.165, 1.54) is 29.1 Å².